The van der Waals surface area contributed by atoms with Crippen LogP contribution in [0.5, 0.6) is 0 Å². The normalized spacial score (nSPS) is 19.3. The van der Waals surface area contributed by atoms with E-state index in [1.807, 2.05) is 38.1 Å². The number of hydrogen-bond donors (Lipinski definition) is 1. The summed E-state index contributed by atoms with van der Waals surface area (Å²) in [6.07, 6.45) is 1.78. The Balaban J connectivity index is 1.73. The Hall–Kier alpha value is -2.66. The number of amidine groups is 1. The van der Waals surface area contributed by atoms with E-state index < -0.39 is 0 Å². The van der Waals surface area contributed by atoms with E-state index in [1.54, 1.807) is 6.21 Å². The summed E-state index contributed by atoms with van der Waals surface area (Å²) in [5.74, 6) is 0.272. The van der Waals surface area contributed by atoms with Crippen molar-refractivity contribution in [3.63, 3.8) is 0 Å². The molecule has 0 unspecified atom stereocenters. The summed E-state index contributed by atoms with van der Waals surface area (Å²) >= 11 is 1.44. The molecule has 130 valence electrons. The third-order valence-corrected chi connectivity index (χ3v) is 5.90. The predicted octanol–water partition coefficient (Wildman–Crippen LogP) is 4.57. The lowest BCUT2D eigenvalue weighted by Crippen LogP contribution is -2.27. The van der Waals surface area contributed by atoms with Crippen LogP contribution in [0.1, 0.15) is 19.4 Å². The van der Waals surface area contributed by atoms with Gasteiger partial charge >= 0.3 is 0 Å². The molecule has 0 aromatic heterocycles. The second kappa shape index (κ2) is 6.92. The summed E-state index contributed by atoms with van der Waals surface area (Å²) in [5.41, 5.74) is 1.04. The molecule has 0 spiro atoms. The van der Waals surface area contributed by atoms with Crippen molar-refractivity contribution in [2.24, 2.45) is 16.1 Å². The number of fused-ring (bicyclic) bond motifs is 2. The highest BCUT2D eigenvalue weighted by molar-refractivity contribution is 8.15. The fourth-order valence-corrected chi connectivity index (χ4v) is 4.13. The Morgan fingerprint density at radius 2 is 1.65 bits per heavy atom. The van der Waals surface area contributed by atoms with Gasteiger partial charge in [0, 0.05) is 5.56 Å². The van der Waals surface area contributed by atoms with E-state index in [0.717, 1.165) is 16.3 Å². The van der Waals surface area contributed by atoms with Crippen LogP contribution in [0.15, 0.2) is 64.8 Å². The molecule has 4 nitrogen and oxygen atoms in total. The number of carbonyl (C=O) groups excluding carboxylic acids is 1. The monoisotopic (exact) mass is 361 g/mol. The largest absolute Gasteiger partial charge is 0.303 e. The van der Waals surface area contributed by atoms with E-state index in [-0.39, 0.29) is 17.1 Å². The zero-order valence-corrected chi connectivity index (χ0v) is 15.5. The average Bonchev–Trinajstić information content (AvgIpc) is 3.02. The van der Waals surface area contributed by atoms with Crippen molar-refractivity contribution in [3.05, 3.63) is 60.2 Å². The van der Waals surface area contributed by atoms with Gasteiger partial charge in [-0.2, -0.15) is 5.10 Å². The van der Waals surface area contributed by atoms with Gasteiger partial charge in [-0.3, -0.25) is 4.79 Å². The smallest absolute Gasteiger partial charge is 0.239 e. The lowest BCUT2D eigenvalue weighted by atomic mass is 9.97. The minimum absolute atomic E-state index is 0.00885. The molecule has 26 heavy (non-hydrogen) atoms. The van der Waals surface area contributed by atoms with E-state index in [9.17, 15) is 4.79 Å². The molecule has 1 N–H and O–H groups in total. The lowest BCUT2D eigenvalue weighted by Gasteiger charge is -2.07. The highest BCUT2D eigenvalue weighted by Gasteiger charge is 2.32. The molecule has 0 bridgehead atoms. The van der Waals surface area contributed by atoms with Gasteiger partial charge in [0.1, 0.15) is 0 Å². The van der Waals surface area contributed by atoms with E-state index in [4.69, 9.17) is 0 Å². The number of thioether (sulfide) groups is 1. The third kappa shape index (κ3) is 3.10. The molecule has 1 aliphatic heterocycles. The van der Waals surface area contributed by atoms with Crippen molar-refractivity contribution in [1.82, 2.24) is 5.32 Å². The first-order valence-corrected chi connectivity index (χ1v) is 9.50. The van der Waals surface area contributed by atoms with Gasteiger partial charge in [0.15, 0.2) is 5.17 Å². The molecule has 1 saturated heterocycles. The molecule has 1 atom stereocenters. The zero-order chi connectivity index (χ0) is 18.1. The van der Waals surface area contributed by atoms with Crippen molar-refractivity contribution >= 4 is 50.6 Å². The maximum Gasteiger partial charge on any atom is 0.239 e. The molecule has 3 aromatic rings. The Labute approximate surface area is 156 Å². The van der Waals surface area contributed by atoms with Crippen LogP contribution in [0.3, 0.4) is 0 Å². The summed E-state index contributed by atoms with van der Waals surface area (Å²) < 4.78 is 0. The van der Waals surface area contributed by atoms with Crippen molar-refractivity contribution in [2.75, 3.05) is 0 Å². The van der Waals surface area contributed by atoms with Crippen molar-refractivity contribution < 1.29 is 4.79 Å². The van der Waals surface area contributed by atoms with E-state index >= 15 is 0 Å². The first kappa shape index (κ1) is 16.8. The third-order valence-electron chi connectivity index (χ3n) is 4.48. The number of hydrogen-bond acceptors (Lipinski definition) is 4. The minimum Gasteiger partial charge on any atom is -0.303 e. The molecule has 5 heteroatoms. The standard InChI is InChI=1S/C21H19N3OS/c1-13(2)19-20(25)23-21(26-19)24-22-12-18-16-9-5-3-7-14(16)11-15-8-4-6-10-17(15)18/h3-13,19H,1-2H3,(H,23,24,25)/b22-12-/t19-/m1/s1. The summed E-state index contributed by atoms with van der Waals surface area (Å²) in [5, 5.41) is 16.4. The Kier molecular flexibility index (Phi) is 4.47. The molecule has 0 radical (unpaired) electrons. The summed E-state index contributed by atoms with van der Waals surface area (Å²) in [7, 11) is 0. The van der Waals surface area contributed by atoms with Crippen LogP contribution in [0.2, 0.25) is 0 Å². The number of nitrogens with one attached hydrogen (secondary N) is 1. The number of carbonyl (C=O) groups is 1. The van der Waals surface area contributed by atoms with E-state index in [0.29, 0.717) is 5.17 Å². The second-order valence-electron chi connectivity index (χ2n) is 6.65. The fraction of sp³-hybridized carbons (Fsp3) is 0.190. The van der Waals surface area contributed by atoms with E-state index in [1.165, 1.54) is 22.5 Å². The number of benzene rings is 3. The molecular formula is C21H19N3OS. The number of rotatable bonds is 3. The number of nitrogens with zero attached hydrogens (tertiary/aromatic N) is 2. The molecule has 1 fully saturated rings. The van der Waals surface area contributed by atoms with Crippen LogP contribution in [0.25, 0.3) is 21.5 Å². The molecule has 0 aliphatic carbocycles. The van der Waals surface area contributed by atoms with Crippen LogP contribution in [0, 0.1) is 5.92 Å². The Morgan fingerprint density at radius 3 is 2.23 bits per heavy atom. The molecular weight excluding hydrogens is 342 g/mol. The predicted molar refractivity (Wildman–Crippen MR) is 111 cm³/mol. The van der Waals surface area contributed by atoms with Crippen LogP contribution < -0.4 is 5.32 Å². The molecule has 4 rings (SSSR count). The van der Waals surface area contributed by atoms with Gasteiger partial charge in [-0.15, -0.1) is 5.10 Å². The van der Waals surface area contributed by atoms with Crippen LogP contribution >= 0.6 is 11.8 Å². The molecule has 1 amide bonds. The average molecular weight is 361 g/mol. The van der Waals surface area contributed by atoms with Gasteiger partial charge in [-0.05, 0) is 33.5 Å². The lowest BCUT2D eigenvalue weighted by molar-refractivity contribution is -0.119. The van der Waals surface area contributed by atoms with Crippen molar-refractivity contribution in [2.45, 2.75) is 19.1 Å². The molecule has 3 aromatic carbocycles. The van der Waals surface area contributed by atoms with Gasteiger partial charge in [-0.1, -0.05) is 74.1 Å². The van der Waals surface area contributed by atoms with E-state index in [2.05, 4.69) is 45.9 Å². The summed E-state index contributed by atoms with van der Waals surface area (Å²) in [6, 6.07) is 18.7. The van der Waals surface area contributed by atoms with Gasteiger partial charge in [0.05, 0.1) is 11.5 Å². The first-order chi connectivity index (χ1) is 12.6. The second-order valence-corrected chi connectivity index (χ2v) is 7.78. The van der Waals surface area contributed by atoms with Crippen molar-refractivity contribution in [1.29, 1.82) is 0 Å². The fourth-order valence-electron chi connectivity index (χ4n) is 3.19. The molecule has 1 aliphatic rings. The molecule has 1 heterocycles. The van der Waals surface area contributed by atoms with Crippen LogP contribution in [-0.2, 0) is 4.79 Å². The quantitative estimate of drug-likeness (QED) is 0.422. The highest BCUT2D eigenvalue weighted by Crippen LogP contribution is 2.28. The van der Waals surface area contributed by atoms with Gasteiger partial charge < -0.3 is 5.32 Å². The van der Waals surface area contributed by atoms with Gasteiger partial charge in [0.2, 0.25) is 5.91 Å². The zero-order valence-electron chi connectivity index (χ0n) is 14.6. The SMILES string of the molecule is CC(C)[C@H]1S/C(=N/N=C\c2c3ccccc3cc3ccccc23)NC1=O. The maximum atomic E-state index is 11.9. The van der Waals surface area contributed by atoms with Gasteiger partial charge in [0.25, 0.3) is 0 Å². The first-order valence-electron chi connectivity index (χ1n) is 8.62. The molecule has 0 saturated carbocycles. The Bertz CT molecular complexity index is 1000. The summed E-state index contributed by atoms with van der Waals surface area (Å²) in [4.78, 5) is 11.9. The van der Waals surface area contributed by atoms with Crippen molar-refractivity contribution in [3.8, 4) is 0 Å². The minimum atomic E-state index is -0.0951. The van der Waals surface area contributed by atoms with Gasteiger partial charge in [-0.25, -0.2) is 0 Å². The Morgan fingerprint density at radius 1 is 1.04 bits per heavy atom. The summed E-state index contributed by atoms with van der Waals surface area (Å²) in [6.45, 7) is 4.07. The topological polar surface area (TPSA) is 53.8 Å². The number of amides is 1. The highest BCUT2D eigenvalue weighted by atomic mass is 32.2. The van der Waals surface area contributed by atoms with Crippen LogP contribution in [-0.4, -0.2) is 22.5 Å². The van der Waals surface area contributed by atoms with Crippen LogP contribution in [0.4, 0.5) is 0 Å². The maximum absolute atomic E-state index is 11.9.